The van der Waals surface area contributed by atoms with E-state index in [0.29, 0.717) is 22.1 Å². The molecule has 0 N–H and O–H groups in total. The van der Waals surface area contributed by atoms with Crippen LogP contribution in [0.3, 0.4) is 0 Å². The van der Waals surface area contributed by atoms with Gasteiger partial charge in [0.2, 0.25) is 0 Å². The lowest BCUT2D eigenvalue weighted by Crippen LogP contribution is -2.46. The zero-order valence-corrected chi connectivity index (χ0v) is 11.8. The number of benzene rings is 1. The van der Waals surface area contributed by atoms with Gasteiger partial charge in [0.1, 0.15) is 0 Å². The van der Waals surface area contributed by atoms with Gasteiger partial charge in [-0.05, 0) is 19.1 Å². The molecule has 0 saturated carbocycles. The molecule has 3 nitrogen and oxygen atoms in total. The van der Waals surface area contributed by atoms with E-state index < -0.39 is 10.8 Å². The van der Waals surface area contributed by atoms with Crippen LogP contribution in [0.25, 0.3) is 0 Å². The van der Waals surface area contributed by atoms with E-state index in [1.54, 1.807) is 24.3 Å². The Labute approximate surface area is 115 Å². The van der Waals surface area contributed by atoms with Crippen molar-refractivity contribution in [1.29, 1.82) is 0 Å². The summed E-state index contributed by atoms with van der Waals surface area (Å²) in [7, 11) is -0.713. The van der Waals surface area contributed by atoms with Gasteiger partial charge in [0, 0.05) is 46.0 Å². The van der Waals surface area contributed by atoms with Crippen LogP contribution in [-0.4, -0.2) is 45.5 Å². The van der Waals surface area contributed by atoms with Crippen molar-refractivity contribution in [2.45, 2.75) is 13.0 Å². The zero-order valence-electron chi connectivity index (χ0n) is 10.3. The van der Waals surface area contributed by atoms with Crippen molar-refractivity contribution in [3.05, 3.63) is 34.9 Å². The van der Waals surface area contributed by atoms with Crippen LogP contribution in [0.2, 0.25) is 5.02 Å². The largest absolute Gasteiger partial charge is 0.292 e. The molecule has 5 heteroatoms. The van der Waals surface area contributed by atoms with Crippen molar-refractivity contribution in [1.82, 2.24) is 4.90 Å². The number of hydrogen-bond acceptors (Lipinski definition) is 3. The van der Waals surface area contributed by atoms with Crippen LogP contribution in [0.5, 0.6) is 0 Å². The molecule has 1 fully saturated rings. The third kappa shape index (κ3) is 3.19. The summed E-state index contributed by atoms with van der Waals surface area (Å²) < 4.78 is 11.3. The van der Waals surface area contributed by atoms with Crippen molar-refractivity contribution >= 4 is 28.2 Å². The van der Waals surface area contributed by atoms with Crippen LogP contribution >= 0.6 is 11.6 Å². The highest BCUT2D eigenvalue weighted by molar-refractivity contribution is 7.85. The van der Waals surface area contributed by atoms with Crippen LogP contribution < -0.4 is 0 Å². The van der Waals surface area contributed by atoms with Gasteiger partial charge in [-0.3, -0.25) is 13.9 Å². The summed E-state index contributed by atoms with van der Waals surface area (Å²) in [5.74, 6) is 1.39. The molecule has 18 heavy (non-hydrogen) atoms. The standard InChI is InChI=1S/C13H16ClNO2S/c1-10(15-5-7-18(17)8-6-15)13(16)11-3-2-4-12(14)9-11/h2-4,9-10H,5-8H2,1H3. The van der Waals surface area contributed by atoms with E-state index in [4.69, 9.17) is 11.6 Å². The van der Waals surface area contributed by atoms with Gasteiger partial charge in [0.25, 0.3) is 0 Å². The monoisotopic (exact) mass is 285 g/mol. The van der Waals surface area contributed by atoms with E-state index in [1.165, 1.54) is 0 Å². The molecule has 1 saturated heterocycles. The molecule has 0 bridgehead atoms. The highest BCUT2D eigenvalue weighted by atomic mass is 35.5. The number of carbonyl (C=O) groups excluding carboxylic acids is 1. The van der Waals surface area contributed by atoms with Crippen LogP contribution in [0, 0.1) is 0 Å². The van der Waals surface area contributed by atoms with Gasteiger partial charge >= 0.3 is 0 Å². The van der Waals surface area contributed by atoms with Crippen LogP contribution in [0.15, 0.2) is 24.3 Å². The zero-order chi connectivity index (χ0) is 13.1. The fourth-order valence-corrected chi connectivity index (χ4v) is 3.36. The fourth-order valence-electron chi connectivity index (χ4n) is 2.09. The molecule has 1 unspecified atom stereocenters. The molecule has 2 rings (SSSR count). The lowest BCUT2D eigenvalue weighted by molar-refractivity contribution is 0.0850. The summed E-state index contributed by atoms with van der Waals surface area (Å²) in [5.41, 5.74) is 0.640. The van der Waals surface area contributed by atoms with Crippen molar-refractivity contribution in [2.75, 3.05) is 24.6 Å². The summed E-state index contributed by atoms with van der Waals surface area (Å²) in [6.07, 6.45) is 0. The van der Waals surface area contributed by atoms with Crippen molar-refractivity contribution in [3.8, 4) is 0 Å². The van der Waals surface area contributed by atoms with Crippen molar-refractivity contribution in [3.63, 3.8) is 0 Å². The number of hydrogen-bond donors (Lipinski definition) is 0. The molecule has 1 atom stereocenters. The molecule has 1 aromatic carbocycles. The molecule has 0 amide bonds. The van der Waals surface area contributed by atoms with Crippen molar-refractivity contribution < 1.29 is 9.00 Å². The molecule has 0 aliphatic carbocycles. The third-order valence-corrected chi connectivity index (χ3v) is 4.76. The SMILES string of the molecule is CC(C(=O)c1cccc(Cl)c1)N1CCS(=O)CC1. The van der Waals surface area contributed by atoms with E-state index >= 15 is 0 Å². The Morgan fingerprint density at radius 2 is 2.06 bits per heavy atom. The van der Waals surface area contributed by atoms with Gasteiger partial charge in [-0.25, -0.2) is 0 Å². The molecule has 0 aromatic heterocycles. The van der Waals surface area contributed by atoms with Gasteiger partial charge in [-0.1, -0.05) is 23.7 Å². The van der Waals surface area contributed by atoms with Crippen LogP contribution in [0.4, 0.5) is 0 Å². The first kappa shape index (κ1) is 13.7. The maximum atomic E-state index is 12.3. The van der Waals surface area contributed by atoms with Gasteiger partial charge in [-0.15, -0.1) is 0 Å². The smallest absolute Gasteiger partial charge is 0.179 e. The summed E-state index contributed by atoms with van der Waals surface area (Å²) in [6, 6.07) is 6.84. The van der Waals surface area contributed by atoms with Crippen LogP contribution in [-0.2, 0) is 10.8 Å². The van der Waals surface area contributed by atoms with E-state index in [1.807, 2.05) is 6.92 Å². The average Bonchev–Trinajstić information content (AvgIpc) is 2.38. The molecule has 1 aliphatic heterocycles. The first-order valence-corrected chi connectivity index (χ1v) is 7.83. The summed E-state index contributed by atoms with van der Waals surface area (Å²) in [5, 5.41) is 0.577. The van der Waals surface area contributed by atoms with Crippen LogP contribution in [0.1, 0.15) is 17.3 Å². The summed E-state index contributed by atoms with van der Waals surface area (Å²) >= 11 is 5.89. The fraction of sp³-hybridized carbons (Fsp3) is 0.462. The second-order valence-corrected chi connectivity index (χ2v) is 6.57. The lowest BCUT2D eigenvalue weighted by atomic mass is 10.0. The highest BCUT2D eigenvalue weighted by Gasteiger charge is 2.25. The molecular formula is C13H16ClNO2S. The number of Topliss-reactive ketones (excluding diaryl/α,β-unsaturated/α-hetero) is 1. The van der Waals surface area contributed by atoms with Gasteiger partial charge in [0.15, 0.2) is 5.78 Å². The van der Waals surface area contributed by atoms with Gasteiger partial charge < -0.3 is 0 Å². The number of ketones is 1. The Kier molecular flexibility index (Phi) is 4.54. The Bertz CT molecular complexity index is 468. The Balaban J connectivity index is 2.07. The summed E-state index contributed by atoms with van der Waals surface area (Å²) in [6.45, 7) is 3.34. The number of rotatable bonds is 3. The molecule has 0 radical (unpaired) electrons. The molecule has 1 aliphatic rings. The normalized spacial score (nSPS) is 19.7. The minimum Gasteiger partial charge on any atom is -0.292 e. The highest BCUT2D eigenvalue weighted by Crippen LogP contribution is 2.15. The topological polar surface area (TPSA) is 37.4 Å². The van der Waals surface area contributed by atoms with E-state index in [9.17, 15) is 9.00 Å². The van der Waals surface area contributed by atoms with E-state index in [-0.39, 0.29) is 11.8 Å². The van der Waals surface area contributed by atoms with E-state index in [2.05, 4.69) is 4.90 Å². The van der Waals surface area contributed by atoms with E-state index in [0.717, 1.165) is 13.1 Å². The first-order valence-electron chi connectivity index (χ1n) is 5.97. The number of nitrogens with zero attached hydrogens (tertiary/aromatic N) is 1. The molecule has 1 heterocycles. The molecule has 0 spiro atoms. The average molecular weight is 286 g/mol. The summed E-state index contributed by atoms with van der Waals surface area (Å²) in [4.78, 5) is 14.4. The Hall–Kier alpha value is -0.710. The Morgan fingerprint density at radius 1 is 1.39 bits per heavy atom. The second kappa shape index (κ2) is 5.95. The second-order valence-electron chi connectivity index (χ2n) is 4.43. The third-order valence-electron chi connectivity index (χ3n) is 3.25. The number of carbonyl (C=O) groups is 1. The lowest BCUT2D eigenvalue weighted by Gasteiger charge is -2.31. The molecule has 1 aromatic rings. The molecular weight excluding hydrogens is 270 g/mol. The predicted octanol–water partition coefficient (Wildman–Crippen LogP) is 1.98. The maximum Gasteiger partial charge on any atom is 0.179 e. The quantitative estimate of drug-likeness (QED) is 0.797. The van der Waals surface area contributed by atoms with Gasteiger partial charge in [0.05, 0.1) is 6.04 Å². The first-order chi connectivity index (χ1) is 8.58. The maximum absolute atomic E-state index is 12.3. The van der Waals surface area contributed by atoms with Gasteiger partial charge in [-0.2, -0.15) is 0 Å². The predicted molar refractivity (Wildman–Crippen MR) is 74.7 cm³/mol. The minimum absolute atomic E-state index is 0.0742. The Morgan fingerprint density at radius 3 is 2.67 bits per heavy atom. The minimum atomic E-state index is -0.713. The molecule has 98 valence electrons. The number of halogens is 1. The van der Waals surface area contributed by atoms with Crippen molar-refractivity contribution in [2.24, 2.45) is 0 Å².